The van der Waals surface area contributed by atoms with E-state index >= 15 is 0 Å². The van der Waals surface area contributed by atoms with Gasteiger partial charge in [-0.1, -0.05) is 36.5 Å². The minimum atomic E-state index is 0.813. The molecule has 0 aromatic carbocycles. The highest BCUT2D eigenvalue weighted by Crippen LogP contribution is 2.30. The summed E-state index contributed by atoms with van der Waals surface area (Å²) in [5.41, 5.74) is 3.92. The van der Waals surface area contributed by atoms with Gasteiger partial charge in [-0.3, -0.25) is 0 Å². The Morgan fingerprint density at radius 1 is 1.12 bits per heavy atom. The van der Waals surface area contributed by atoms with E-state index in [2.05, 4.69) is 50.8 Å². The van der Waals surface area contributed by atoms with E-state index in [4.69, 9.17) is 0 Å². The lowest BCUT2D eigenvalue weighted by Crippen LogP contribution is -1.94. The molecule has 0 saturated heterocycles. The van der Waals surface area contributed by atoms with Crippen LogP contribution < -0.4 is 0 Å². The third kappa shape index (κ3) is 4.27. The van der Waals surface area contributed by atoms with Crippen LogP contribution in [0.15, 0.2) is 34.9 Å². The second-order valence-corrected chi connectivity index (χ2v) is 4.82. The molecule has 0 N–H and O–H groups in total. The maximum absolute atomic E-state index is 3.18. The topological polar surface area (TPSA) is 0 Å². The van der Waals surface area contributed by atoms with Crippen LogP contribution in [0.1, 0.15) is 53.4 Å². The van der Waals surface area contributed by atoms with Gasteiger partial charge in [0.15, 0.2) is 0 Å². The summed E-state index contributed by atoms with van der Waals surface area (Å²) in [6.07, 6.45) is 12.1. The maximum Gasteiger partial charge on any atom is 0.0271 e. The minimum Gasteiger partial charge on any atom is -0.101 e. The van der Waals surface area contributed by atoms with Crippen LogP contribution in [0.5, 0.6) is 0 Å². The van der Waals surface area contributed by atoms with Gasteiger partial charge in [-0.15, -0.1) is 5.92 Å². The van der Waals surface area contributed by atoms with Crippen molar-refractivity contribution in [2.75, 3.05) is 0 Å². The van der Waals surface area contributed by atoms with Gasteiger partial charge in [-0.2, -0.15) is 0 Å². The summed E-state index contributed by atoms with van der Waals surface area (Å²) in [6.45, 7) is 8.34. The van der Waals surface area contributed by atoms with E-state index in [0.29, 0.717) is 0 Å². The van der Waals surface area contributed by atoms with Gasteiger partial charge in [0, 0.05) is 5.57 Å². The normalized spacial score (nSPS) is 19.2. The third-order valence-corrected chi connectivity index (χ3v) is 3.63. The second kappa shape index (κ2) is 7.17. The fourth-order valence-corrected chi connectivity index (χ4v) is 2.29. The zero-order chi connectivity index (χ0) is 12.7. The van der Waals surface area contributed by atoms with Crippen molar-refractivity contribution in [2.24, 2.45) is 5.92 Å². The van der Waals surface area contributed by atoms with Gasteiger partial charge in [0.05, 0.1) is 0 Å². The maximum atomic E-state index is 3.18. The first-order valence-electron chi connectivity index (χ1n) is 6.63. The van der Waals surface area contributed by atoms with Crippen molar-refractivity contribution in [1.82, 2.24) is 0 Å². The molecule has 0 atom stereocenters. The van der Waals surface area contributed by atoms with Gasteiger partial charge in [0.25, 0.3) is 0 Å². The van der Waals surface area contributed by atoms with Crippen molar-refractivity contribution in [2.45, 2.75) is 53.4 Å². The van der Waals surface area contributed by atoms with Crippen LogP contribution >= 0.6 is 0 Å². The Balaban J connectivity index is 2.82. The van der Waals surface area contributed by atoms with Crippen molar-refractivity contribution in [3.05, 3.63) is 34.9 Å². The summed E-state index contributed by atoms with van der Waals surface area (Å²) >= 11 is 0. The molecule has 17 heavy (non-hydrogen) atoms. The van der Waals surface area contributed by atoms with Gasteiger partial charge in [0.1, 0.15) is 0 Å². The molecule has 0 nitrogen and oxygen atoms in total. The summed E-state index contributed by atoms with van der Waals surface area (Å²) in [4.78, 5) is 0. The Bertz CT molecular complexity index is 387. The number of allylic oxidation sites excluding steroid dienone is 6. The summed E-state index contributed by atoms with van der Waals surface area (Å²) in [7, 11) is 0. The lowest BCUT2D eigenvalue weighted by molar-refractivity contribution is 0.642. The van der Waals surface area contributed by atoms with Crippen molar-refractivity contribution in [3.8, 4) is 11.8 Å². The van der Waals surface area contributed by atoms with Gasteiger partial charge >= 0.3 is 0 Å². The molecule has 0 aromatic rings. The molecule has 0 unspecified atom stereocenters. The highest BCUT2D eigenvalue weighted by atomic mass is 14.2. The predicted molar refractivity (Wildman–Crippen MR) is 76.7 cm³/mol. The van der Waals surface area contributed by atoms with E-state index in [-0.39, 0.29) is 0 Å². The molecule has 0 radical (unpaired) electrons. The molecule has 0 amide bonds. The largest absolute Gasteiger partial charge is 0.101 e. The number of hydrogen-bond acceptors (Lipinski definition) is 0. The monoisotopic (exact) mass is 228 g/mol. The van der Waals surface area contributed by atoms with E-state index in [1.165, 1.54) is 36.8 Å². The van der Waals surface area contributed by atoms with Gasteiger partial charge in [-0.05, 0) is 58.1 Å². The molecular weight excluding hydrogens is 204 g/mol. The Morgan fingerprint density at radius 2 is 1.76 bits per heavy atom. The van der Waals surface area contributed by atoms with Crippen LogP contribution in [0, 0.1) is 17.8 Å². The SMILES string of the molecule is CC#CC(=C\C=C(/C)C1CCCC1)/C(C)=C/C. The molecule has 0 heteroatoms. The van der Waals surface area contributed by atoms with Crippen LogP contribution in [0.4, 0.5) is 0 Å². The minimum absolute atomic E-state index is 0.813. The van der Waals surface area contributed by atoms with E-state index in [0.717, 1.165) is 11.5 Å². The Hall–Kier alpha value is -1.22. The first-order valence-corrected chi connectivity index (χ1v) is 6.63. The quantitative estimate of drug-likeness (QED) is 0.469. The molecule has 1 aliphatic carbocycles. The van der Waals surface area contributed by atoms with Crippen molar-refractivity contribution >= 4 is 0 Å². The van der Waals surface area contributed by atoms with Crippen molar-refractivity contribution in [1.29, 1.82) is 0 Å². The predicted octanol–water partition coefficient (Wildman–Crippen LogP) is 5.04. The molecule has 1 rings (SSSR count). The molecule has 92 valence electrons. The lowest BCUT2D eigenvalue weighted by Gasteiger charge is -2.08. The van der Waals surface area contributed by atoms with Crippen LogP contribution in [-0.4, -0.2) is 0 Å². The molecule has 0 bridgehead atoms. The number of hydrogen-bond donors (Lipinski definition) is 0. The molecule has 0 aromatic heterocycles. The Labute approximate surface area is 107 Å². The van der Waals surface area contributed by atoms with E-state index in [1.54, 1.807) is 0 Å². The lowest BCUT2D eigenvalue weighted by atomic mass is 9.97. The molecule has 1 aliphatic rings. The molecule has 0 aliphatic heterocycles. The Kier molecular flexibility index (Phi) is 5.84. The van der Waals surface area contributed by atoms with Crippen LogP contribution in [-0.2, 0) is 0 Å². The number of rotatable bonds is 3. The van der Waals surface area contributed by atoms with Crippen molar-refractivity contribution < 1.29 is 0 Å². The van der Waals surface area contributed by atoms with E-state index < -0.39 is 0 Å². The van der Waals surface area contributed by atoms with Gasteiger partial charge < -0.3 is 0 Å². The molecular formula is C17H24. The standard InChI is InChI=1S/C17H24/c1-5-9-16(14(3)6-2)13-12-15(4)17-10-7-8-11-17/h6,12-13,17H,7-8,10-11H2,1-4H3/b14-6+,15-12+,16-13+. The van der Waals surface area contributed by atoms with Gasteiger partial charge in [0.2, 0.25) is 0 Å². The molecule has 0 spiro atoms. The summed E-state index contributed by atoms with van der Waals surface area (Å²) in [5.74, 6) is 6.98. The van der Waals surface area contributed by atoms with Crippen LogP contribution in [0.25, 0.3) is 0 Å². The second-order valence-electron chi connectivity index (χ2n) is 4.82. The third-order valence-electron chi connectivity index (χ3n) is 3.63. The summed E-state index contributed by atoms with van der Waals surface area (Å²) < 4.78 is 0. The van der Waals surface area contributed by atoms with E-state index in [9.17, 15) is 0 Å². The first-order chi connectivity index (χ1) is 8.19. The summed E-state index contributed by atoms with van der Waals surface area (Å²) in [5, 5.41) is 0. The average molecular weight is 228 g/mol. The van der Waals surface area contributed by atoms with Gasteiger partial charge in [-0.25, -0.2) is 0 Å². The molecule has 0 heterocycles. The first kappa shape index (κ1) is 13.8. The van der Waals surface area contributed by atoms with Crippen LogP contribution in [0.2, 0.25) is 0 Å². The highest BCUT2D eigenvalue weighted by Gasteiger charge is 2.15. The van der Waals surface area contributed by atoms with E-state index in [1.807, 2.05) is 6.92 Å². The van der Waals surface area contributed by atoms with Crippen molar-refractivity contribution in [3.63, 3.8) is 0 Å². The average Bonchev–Trinajstić information content (AvgIpc) is 2.86. The smallest absolute Gasteiger partial charge is 0.0271 e. The fraction of sp³-hybridized carbons (Fsp3) is 0.529. The summed E-state index contributed by atoms with van der Waals surface area (Å²) in [6, 6.07) is 0. The molecule has 1 saturated carbocycles. The highest BCUT2D eigenvalue weighted by molar-refractivity contribution is 5.46. The fourth-order valence-electron chi connectivity index (χ4n) is 2.29. The molecule has 1 fully saturated rings. The zero-order valence-electron chi connectivity index (χ0n) is 11.6. The zero-order valence-corrected chi connectivity index (χ0v) is 11.6. The Morgan fingerprint density at radius 3 is 2.29 bits per heavy atom. The van der Waals surface area contributed by atoms with Crippen LogP contribution in [0.3, 0.4) is 0 Å².